The molecule has 12 heavy (non-hydrogen) atoms. The summed E-state index contributed by atoms with van der Waals surface area (Å²) in [6.07, 6.45) is 0.989. The first-order chi connectivity index (χ1) is 5.74. The van der Waals surface area contributed by atoms with Crippen molar-refractivity contribution >= 4 is 5.69 Å². The highest BCUT2D eigenvalue weighted by Crippen LogP contribution is 2.12. The third-order valence-electron chi connectivity index (χ3n) is 2.07. The van der Waals surface area contributed by atoms with Crippen molar-refractivity contribution in [2.24, 2.45) is 0 Å². The van der Waals surface area contributed by atoms with Crippen LogP contribution < -0.4 is 11.1 Å². The Morgan fingerprint density at radius 2 is 2.08 bits per heavy atom. The van der Waals surface area contributed by atoms with E-state index in [0.29, 0.717) is 6.04 Å². The first-order valence-corrected chi connectivity index (χ1v) is 4.24. The maximum absolute atomic E-state index is 5.80. The van der Waals surface area contributed by atoms with Crippen LogP contribution in [-0.4, -0.2) is 13.1 Å². The number of hydrogen-bond donors (Lipinski definition) is 2. The normalized spacial score (nSPS) is 12.8. The van der Waals surface area contributed by atoms with E-state index in [0.717, 1.165) is 12.1 Å². The predicted octanol–water partition coefficient (Wildman–Crippen LogP) is 1.42. The standard InChI is InChI=1S/C10H16N2/c1-8(12-2)7-9-5-3-4-6-10(9)11/h3-6,8,12H,7,11H2,1-2H3/t8-/m1/s1. The zero-order chi connectivity index (χ0) is 8.97. The summed E-state index contributed by atoms with van der Waals surface area (Å²) in [5.74, 6) is 0. The molecule has 1 atom stereocenters. The Kier molecular flexibility index (Phi) is 3.11. The molecular formula is C10H16N2. The zero-order valence-electron chi connectivity index (χ0n) is 7.67. The summed E-state index contributed by atoms with van der Waals surface area (Å²) in [4.78, 5) is 0. The number of nitrogens with two attached hydrogens (primary N) is 1. The van der Waals surface area contributed by atoms with Crippen molar-refractivity contribution in [2.75, 3.05) is 12.8 Å². The van der Waals surface area contributed by atoms with Gasteiger partial charge in [0.1, 0.15) is 0 Å². The van der Waals surface area contributed by atoms with Gasteiger partial charge in [-0.05, 0) is 32.0 Å². The molecule has 1 aromatic rings. The maximum atomic E-state index is 5.80. The summed E-state index contributed by atoms with van der Waals surface area (Å²) >= 11 is 0. The van der Waals surface area contributed by atoms with Crippen LogP contribution in [0.25, 0.3) is 0 Å². The summed E-state index contributed by atoms with van der Waals surface area (Å²) in [5, 5.41) is 3.19. The second kappa shape index (κ2) is 4.12. The lowest BCUT2D eigenvalue weighted by atomic mass is 10.1. The Morgan fingerprint density at radius 3 is 2.67 bits per heavy atom. The quantitative estimate of drug-likeness (QED) is 0.663. The number of hydrogen-bond acceptors (Lipinski definition) is 2. The molecular weight excluding hydrogens is 148 g/mol. The zero-order valence-corrected chi connectivity index (χ0v) is 7.67. The average molecular weight is 164 g/mol. The van der Waals surface area contributed by atoms with Crippen molar-refractivity contribution in [1.29, 1.82) is 0 Å². The van der Waals surface area contributed by atoms with Gasteiger partial charge in [0, 0.05) is 11.7 Å². The van der Waals surface area contributed by atoms with Crippen LogP contribution in [0.15, 0.2) is 24.3 Å². The van der Waals surface area contributed by atoms with E-state index in [2.05, 4.69) is 18.3 Å². The van der Waals surface area contributed by atoms with Gasteiger partial charge in [0.05, 0.1) is 0 Å². The van der Waals surface area contributed by atoms with Gasteiger partial charge in [-0.1, -0.05) is 18.2 Å². The summed E-state index contributed by atoms with van der Waals surface area (Å²) in [6.45, 7) is 2.15. The van der Waals surface area contributed by atoms with Crippen LogP contribution in [-0.2, 0) is 6.42 Å². The molecule has 66 valence electrons. The molecule has 0 spiro atoms. The molecule has 0 bridgehead atoms. The Morgan fingerprint density at radius 1 is 1.42 bits per heavy atom. The predicted molar refractivity (Wildman–Crippen MR) is 53.1 cm³/mol. The van der Waals surface area contributed by atoms with Crippen molar-refractivity contribution < 1.29 is 0 Å². The van der Waals surface area contributed by atoms with Crippen molar-refractivity contribution in [2.45, 2.75) is 19.4 Å². The minimum absolute atomic E-state index is 0.481. The fourth-order valence-electron chi connectivity index (χ4n) is 1.15. The molecule has 2 nitrogen and oxygen atoms in total. The second-order valence-electron chi connectivity index (χ2n) is 3.09. The Balaban J connectivity index is 2.69. The van der Waals surface area contributed by atoms with E-state index in [-0.39, 0.29) is 0 Å². The van der Waals surface area contributed by atoms with Gasteiger partial charge < -0.3 is 11.1 Å². The highest BCUT2D eigenvalue weighted by Gasteiger charge is 2.02. The van der Waals surface area contributed by atoms with Crippen molar-refractivity contribution in [3.8, 4) is 0 Å². The van der Waals surface area contributed by atoms with E-state index in [4.69, 9.17) is 5.73 Å². The number of para-hydroxylation sites is 1. The minimum Gasteiger partial charge on any atom is -0.399 e. The third-order valence-corrected chi connectivity index (χ3v) is 2.07. The Bertz CT molecular complexity index is 245. The fraction of sp³-hybridized carbons (Fsp3) is 0.400. The van der Waals surface area contributed by atoms with Crippen LogP contribution in [0.4, 0.5) is 5.69 Å². The Hall–Kier alpha value is -1.02. The minimum atomic E-state index is 0.481. The van der Waals surface area contributed by atoms with Crippen LogP contribution in [0.1, 0.15) is 12.5 Å². The van der Waals surface area contributed by atoms with Crippen molar-refractivity contribution in [3.63, 3.8) is 0 Å². The molecule has 0 aromatic heterocycles. The van der Waals surface area contributed by atoms with Gasteiger partial charge in [-0.25, -0.2) is 0 Å². The Labute approximate surface area is 73.8 Å². The summed E-state index contributed by atoms with van der Waals surface area (Å²) in [5.41, 5.74) is 7.91. The summed E-state index contributed by atoms with van der Waals surface area (Å²) < 4.78 is 0. The van der Waals surface area contributed by atoms with Gasteiger partial charge in [0.15, 0.2) is 0 Å². The van der Waals surface area contributed by atoms with E-state index in [1.165, 1.54) is 5.56 Å². The van der Waals surface area contributed by atoms with E-state index < -0.39 is 0 Å². The topological polar surface area (TPSA) is 38.0 Å². The fourth-order valence-corrected chi connectivity index (χ4v) is 1.15. The number of anilines is 1. The summed E-state index contributed by atoms with van der Waals surface area (Å²) in [7, 11) is 1.96. The van der Waals surface area contributed by atoms with E-state index in [1.807, 2.05) is 25.2 Å². The molecule has 3 N–H and O–H groups in total. The number of likely N-dealkylation sites (N-methyl/N-ethyl adjacent to an activating group) is 1. The van der Waals surface area contributed by atoms with Crippen LogP contribution in [0.3, 0.4) is 0 Å². The maximum Gasteiger partial charge on any atom is 0.0347 e. The number of nitrogen functional groups attached to an aromatic ring is 1. The van der Waals surface area contributed by atoms with Gasteiger partial charge in [-0.3, -0.25) is 0 Å². The van der Waals surface area contributed by atoms with Crippen molar-refractivity contribution in [1.82, 2.24) is 5.32 Å². The van der Waals surface area contributed by atoms with Gasteiger partial charge >= 0.3 is 0 Å². The lowest BCUT2D eigenvalue weighted by molar-refractivity contribution is 0.609. The highest BCUT2D eigenvalue weighted by molar-refractivity contribution is 5.46. The van der Waals surface area contributed by atoms with E-state index >= 15 is 0 Å². The third kappa shape index (κ3) is 2.24. The van der Waals surface area contributed by atoms with E-state index in [9.17, 15) is 0 Å². The second-order valence-corrected chi connectivity index (χ2v) is 3.09. The van der Waals surface area contributed by atoms with Gasteiger partial charge in [-0.2, -0.15) is 0 Å². The monoisotopic (exact) mass is 164 g/mol. The molecule has 0 unspecified atom stereocenters. The molecule has 0 saturated carbocycles. The largest absolute Gasteiger partial charge is 0.399 e. The van der Waals surface area contributed by atoms with Crippen LogP contribution >= 0.6 is 0 Å². The van der Waals surface area contributed by atoms with Gasteiger partial charge in [0.25, 0.3) is 0 Å². The number of benzene rings is 1. The van der Waals surface area contributed by atoms with Gasteiger partial charge in [0.2, 0.25) is 0 Å². The van der Waals surface area contributed by atoms with Crippen LogP contribution in [0.2, 0.25) is 0 Å². The molecule has 0 aliphatic heterocycles. The number of rotatable bonds is 3. The van der Waals surface area contributed by atoms with Crippen LogP contribution in [0.5, 0.6) is 0 Å². The molecule has 0 fully saturated rings. The lowest BCUT2D eigenvalue weighted by Gasteiger charge is -2.11. The van der Waals surface area contributed by atoms with Crippen LogP contribution in [0, 0.1) is 0 Å². The molecule has 0 saturated heterocycles. The molecule has 1 aromatic carbocycles. The molecule has 0 heterocycles. The molecule has 0 radical (unpaired) electrons. The van der Waals surface area contributed by atoms with Crippen molar-refractivity contribution in [3.05, 3.63) is 29.8 Å². The average Bonchev–Trinajstić information content (AvgIpc) is 2.09. The molecule has 0 aliphatic rings. The molecule has 0 amide bonds. The van der Waals surface area contributed by atoms with E-state index in [1.54, 1.807) is 0 Å². The molecule has 0 aliphatic carbocycles. The highest BCUT2D eigenvalue weighted by atomic mass is 14.8. The lowest BCUT2D eigenvalue weighted by Crippen LogP contribution is -2.23. The first kappa shape index (κ1) is 9.07. The SMILES string of the molecule is CN[C@H](C)Cc1ccccc1N. The van der Waals surface area contributed by atoms with Gasteiger partial charge in [-0.15, -0.1) is 0 Å². The summed E-state index contributed by atoms with van der Waals surface area (Å²) in [6, 6.07) is 8.48. The smallest absolute Gasteiger partial charge is 0.0347 e. The first-order valence-electron chi connectivity index (χ1n) is 4.24. The molecule has 2 heteroatoms. The number of nitrogens with one attached hydrogen (secondary N) is 1. The molecule has 1 rings (SSSR count).